The van der Waals surface area contributed by atoms with Crippen LogP contribution in [0.15, 0.2) is 77.6 Å². The molecule has 7 heteroatoms. The Kier molecular flexibility index (Phi) is 6.82. The molecule has 0 unspecified atom stereocenters. The van der Waals surface area contributed by atoms with Crippen molar-refractivity contribution in [1.82, 2.24) is 15.3 Å². The first-order valence-electron chi connectivity index (χ1n) is 11.2. The Morgan fingerprint density at radius 1 is 1.00 bits per heavy atom. The molecule has 7 nitrogen and oxygen atoms in total. The molecular formula is C27H26N4O3. The van der Waals surface area contributed by atoms with Crippen molar-refractivity contribution < 1.29 is 9.59 Å². The van der Waals surface area contributed by atoms with E-state index in [0.717, 1.165) is 18.4 Å². The molecule has 3 aromatic carbocycles. The second-order valence-electron chi connectivity index (χ2n) is 8.14. The molecule has 0 aliphatic carbocycles. The zero-order valence-corrected chi connectivity index (χ0v) is 19.1. The van der Waals surface area contributed by atoms with Gasteiger partial charge in [0, 0.05) is 24.1 Å². The molecule has 0 aliphatic heterocycles. The van der Waals surface area contributed by atoms with E-state index in [0.29, 0.717) is 27.8 Å². The molecule has 0 spiro atoms. The number of nitrogens with zero attached hydrogens (tertiary/aromatic N) is 1. The fourth-order valence-corrected chi connectivity index (χ4v) is 3.86. The number of rotatable bonds is 7. The van der Waals surface area contributed by atoms with Gasteiger partial charge < -0.3 is 15.6 Å². The second-order valence-corrected chi connectivity index (χ2v) is 8.14. The molecular weight excluding hydrogens is 428 g/mol. The Balaban J connectivity index is 1.60. The summed E-state index contributed by atoms with van der Waals surface area (Å²) < 4.78 is 0. The van der Waals surface area contributed by atoms with E-state index in [2.05, 4.69) is 20.6 Å². The lowest BCUT2D eigenvalue weighted by Crippen LogP contribution is -2.36. The zero-order chi connectivity index (χ0) is 24.1. The van der Waals surface area contributed by atoms with Crippen LogP contribution in [0.25, 0.3) is 22.3 Å². The lowest BCUT2D eigenvalue weighted by molar-refractivity contribution is -0.114. The highest BCUT2D eigenvalue weighted by Crippen LogP contribution is 2.25. The Morgan fingerprint density at radius 2 is 1.74 bits per heavy atom. The molecule has 4 aromatic rings. The van der Waals surface area contributed by atoms with E-state index in [-0.39, 0.29) is 23.6 Å². The van der Waals surface area contributed by atoms with E-state index in [4.69, 9.17) is 0 Å². The van der Waals surface area contributed by atoms with Gasteiger partial charge in [0.05, 0.1) is 16.7 Å². The standard InChI is InChI=1S/C27H26N4O3/c1-3-20(15-18-9-5-4-6-10-18)29-26(33)19-13-14-23-24(16-19)31-27(34)25(30-23)21-11-7-8-12-22(21)28-17(2)32/h4-14,16,20H,3,15H2,1-2H3,(H,28,32)(H,29,33)(H,31,34)/t20-/m1/s1. The summed E-state index contributed by atoms with van der Waals surface area (Å²) in [7, 11) is 0. The van der Waals surface area contributed by atoms with Gasteiger partial charge in [-0.05, 0) is 42.7 Å². The van der Waals surface area contributed by atoms with Gasteiger partial charge in [-0.2, -0.15) is 0 Å². The molecule has 0 aliphatic rings. The smallest absolute Gasteiger partial charge is 0.275 e. The number of aromatic amines is 1. The number of H-pyrrole nitrogens is 1. The van der Waals surface area contributed by atoms with Gasteiger partial charge >= 0.3 is 0 Å². The fourth-order valence-electron chi connectivity index (χ4n) is 3.86. The van der Waals surface area contributed by atoms with Crippen LogP contribution in [-0.2, 0) is 11.2 Å². The summed E-state index contributed by atoms with van der Waals surface area (Å²) in [5.41, 5.74) is 3.44. The number of nitrogens with one attached hydrogen (secondary N) is 3. The number of benzene rings is 3. The molecule has 34 heavy (non-hydrogen) atoms. The largest absolute Gasteiger partial charge is 0.349 e. The quantitative estimate of drug-likeness (QED) is 0.387. The number of hydrogen-bond acceptors (Lipinski definition) is 4. The van der Waals surface area contributed by atoms with Gasteiger partial charge in [-0.15, -0.1) is 0 Å². The van der Waals surface area contributed by atoms with Gasteiger partial charge in [0.15, 0.2) is 0 Å². The van der Waals surface area contributed by atoms with Crippen molar-refractivity contribution in [2.24, 2.45) is 0 Å². The van der Waals surface area contributed by atoms with Crippen LogP contribution in [0, 0.1) is 0 Å². The van der Waals surface area contributed by atoms with Crippen LogP contribution >= 0.6 is 0 Å². The number of anilines is 1. The summed E-state index contributed by atoms with van der Waals surface area (Å²) in [5, 5.41) is 5.81. The van der Waals surface area contributed by atoms with Crippen LogP contribution in [0.4, 0.5) is 5.69 Å². The third-order valence-electron chi connectivity index (χ3n) is 5.60. The maximum atomic E-state index is 12.9. The summed E-state index contributed by atoms with van der Waals surface area (Å²) in [5.74, 6) is -0.441. The van der Waals surface area contributed by atoms with Crippen LogP contribution in [0.1, 0.15) is 36.2 Å². The predicted octanol–water partition coefficient (Wildman–Crippen LogP) is 4.30. The first-order chi connectivity index (χ1) is 16.4. The molecule has 0 saturated heterocycles. The third kappa shape index (κ3) is 5.20. The van der Waals surface area contributed by atoms with Crippen molar-refractivity contribution in [3.63, 3.8) is 0 Å². The minimum absolute atomic E-state index is 0.00424. The maximum Gasteiger partial charge on any atom is 0.275 e. The summed E-state index contributed by atoms with van der Waals surface area (Å²) in [6.07, 6.45) is 1.54. The Hall–Kier alpha value is -4.26. The molecule has 3 N–H and O–H groups in total. The average Bonchev–Trinajstić information content (AvgIpc) is 2.83. The van der Waals surface area contributed by atoms with Gasteiger partial charge in [-0.3, -0.25) is 14.4 Å². The molecule has 1 aromatic heterocycles. The van der Waals surface area contributed by atoms with Crippen molar-refractivity contribution in [3.05, 3.63) is 94.3 Å². The number of amides is 2. The molecule has 1 heterocycles. The molecule has 0 bridgehead atoms. The summed E-state index contributed by atoms with van der Waals surface area (Å²) in [6, 6.07) is 22.1. The van der Waals surface area contributed by atoms with Crippen LogP contribution in [0.5, 0.6) is 0 Å². The Morgan fingerprint density at radius 3 is 2.47 bits per heavy atom. The van der Waals surface area contributed by atoms with Crippen molar-refractivity contribution in [1.29, 1.82) is 0 Å². The highest BCUT2D eigenvalue weighted by molar-refractivity contribution is 5.98. The van der Waals surface area contributed by atoms with Crippen LogP contribution in [-0.4, -0.2) is 27.8 Å². The van der Waals surface area contributed by atoms with Crippen molar-refractivity contribution in [2.45, 2.75) is 32.7 Å². The van der Waals surface area contributed by atoms with E-state index in [1.165, 1.54) is 6.92 Å². The highest BCUT2D eigenvalue weighted by Gasteiger charge is 2.16. The topological polar surface area (TPSA) is 104 Å². The lowest BCUT2D eigenvalue weighted by atomic mass is 10.0. The fraction of sp³-hybridized carbons (Fsp3) is 0.185. The highest BCUT2D eigenvalue weighted by atomic mass is 16.2. The van der Waals surface area contributed by atoms with Gasteiger partial charge in [0.2, 0.25) is 5.91 Å². The average molecular weight is 455 g/mol. The Labute approximate surface area is 197 Å². The minimum atomic E-state index is -0.404. The van der Waals surface area contributed by atoms with E-state index in [1.54, 1.807) is 42.5 Å². The molecule has 0 radical (unpaired) electrons. The monoisotopic (exact) mass is 454 g/mol. The van der Waals surface area contributed by atoms with Gasteiger partial charge in [0.1, 0.15) is 5.69 Å². The molecule has 1 atom stereocenters. The number of para-hydroxylation sites is 1. The molecule has 4 rings (SSSR count). The maximum absolute atomic E-state index is 12.9. The third-order valence-corrected chi connectivity index (χ3v) is 5.60. The van der Waals surface area contributed by atoms with Gasteiger partial charge in [-0.1, -0.05) is 55.5 Å². The van der Waals surface area contributed by atoms with Gasteiger partial charge in [0.25, 0.3) is 11.5 Å². The first-order valence-corrected chi connectivity index (χ1v) is 11.2. The predicted molar refractivity (Wildman–Crippen MR) is 134 cm³/mol. The molecule has 0 fully saturated rings. The molecule has 172 valence electrons. The summed E-state index contributed by atoms with van der Waals surface area (Å²) in [6.45, 7) is 3.44. The molecule has 2 amide bonds. The number of carbonyl (C=O) groups is 2. The van der Waals surface area contributed by atoms with Crippen LogP contribution in [0.3, 0.4) is 0 Å². The summed E-state index contributed by atoms with van der Waals surface area (Å²) >= 11 is 0. The van der Waals surface area contributed by atoms with E-state index in [9.17, 15) is 14.4 Å². The van der Waals surface area contributed by atoms with Crippen molar-refractivity contribution in [3.8, 4) is 11.3 Å². The minimum Gasteiger partial charge on any atom is -0.349 e. The normalized spacial score (nSPS) is 11.7. The van der Waals surface area contributed by atoms with Crippen molar-refractivity contribution >= 4 is 28.5 Å². The number of hydrogen-bond donors (Lipinski definition) is 3. The Bertz CT molecular complexity index is 1400. The second kappa shape index (κ2) is 10.1. The number of aromatic nitrogens is 2. The van der Waals surface area contributed by atoms with E-state index in [1.807, 2.05) is 37.3 Å². The van der Waals surface area contributed by atoms with Gasteiger partial charge in [-0.25, -0.2) is 4.98 Å². The lowest BCUT2D eigenvalue weighted by Gasteiger charge is -2.17. The molecule has 0 saturated carbocycles. The van der Waals surface area contributed by atoms with E-state index < -0.39 is 5.56 Å². The van der Waals surface area contributed by atoms with Crippen LogP contribution < -0.4 is 16.2 Å². The van der Waals surface area contributed by atoms with Crippen LogP contribution in [0.2, 0.25) is 0 Å². The SMILES string of the molecule is CC[C@H](Cc1ccccc1)NC(=O)c1ccc2nc(-c3ccccc3NC(C)=O)c(=O)[nH]c2c1. The summed E-state index contributed by atoms with van der Waals surface area (Å²) in [4.78, 5) is 44.6. The number of fused-ring (bicyclic) bond motifs is 1. The first kappa shape index (κ1) is 22.9. The van der Waals surface area contributed by atoms with E-state index >= 15 is 0 Å². The van der Waals surface area contributed by atoms with Crippen molar-refractivity contribution in [2.75, 3.05) is 5.32 Å². The number of carbonyl (C=O) groups excluding carboxylic acids is 2. The zero-order valence-electron chi connectivity index (χ0n) is 19.1.